The van der Waals surface area contributed by atoms with Crippen molar-refractivity contribution in [3.05, 3.63) is 101 Å². The van der Waals surface area contributed by atoms with E-state index in [1.54, 1.807) is 30.3 Å². The van der Waals surface area contributed by atoms with Gasteiger partial charge in [-0.05, 0) is 52.7 Å². The number of hydrogen-bond acceptors (Lipinski definition) is 6. The monoisotopic (exact) mass is 452 g/mol. The summed E-state index contributed by atoms with van der Waals surface area (Å²) in [7, 11) is 0. The molecule has 1 aromatic heterocycles. The summed E-state index contributed by atoms with van der Waals surface area (Å²) < 4.78 is 1.47. The summed E-state index contributed by atoms with van der Waals surface area (Å²) in [5.74, 6) is -1.41. The molecular formula is C25H20N6O3. The fourth-order valence-electron chi connectivity index (χ4n) is 4.01. The molecule has 4 aromatic rings. The van der Waals surface area contributed by atoms with Crippen LogP contribution in [0.15, 0.2) is 79.1 Å². The fraction of sp³-hybridized carbons (Fsp3) is 0.120. The summed E-state index contributed by atoms with van der Waals surface area (Å²) in [5, 5.41) is 14.1. The number of carbonyl (C=O) groups is 3. The molecule has 0 saturated carbocycles. The normalized spacial score (nSPS) is 13.6. The Morgan fingerprint density at radius 3 is 2.26 bits per heavy atom. The highest BCUT2D eigenvalue weighted by atomic mass is 16.2. The predicted octanol–water partition coefficient (Wildman–Crippen LogP) is 2.82. The fourth-order valence-corrected chi connectivity index (χ4v) is 4.01. The number of nitrogens with zero attached hydrogens (tertiary/aromatic N) is 5. The zero-order valence-electron chi connectivity index (χ0n) is 18.3. The molecule has 3 amide bonds. The first-order chi connectivity index (χ1) is 16.5. The van der Waals surface area contributed by atoms with Gasteiger partial charge in [-0.25, -0.2) is 4.68 Å². The SMILES string of the molecule is Cc1ccc(-n2cnnn2)cc1NC(=O)C(Cc1ccccc1)N1C(=O)c2ccccc2C1=O. The topological polar surface area (TPSA) is 110 Å². The van der Waals surface area contributed by atoms with Crippen LogP contribution in [0.4, 0.5) is 5.69 Å². The van der Waals surface area contributed by atoms with Crippen LogP contribution in [-0.2, 0) is 11.2 Å². The van der Waals surface area contributed by atoms with Crippen molar-refractivity contribution < 1.29 is 14.4 Å². The highest BCUT2D eigenvalue weighted by molar-refractivity contribution is 6.23. The van der Waals surface area contributed by atoms with Crippen LogP contribution >= 0.6 is 0 Å². The minimum atomic E-state index is -1.04. The highest BCUT2D eigenvalue weighted by Crippen LogP contribution is 2.27. The van der Waals surface area contributed by atoms with Crippen LogP contribution in [0.2, 0.25) is 0 Å². The number of amides is 3. The van der Waals surface area contributed by atoms with Crippen LogP contribution in [0.1, 0.15) is 31.8 Å². The van der Waals surface area contributed by atoms with Gasteiger partial charge < -0.3 is 5.32 Å². The molecule has 0 fully saturated rings. The van der Waals surface area contributed by atoms with E-state index in [4.69, 9.17) is 0 Å². The molecule has 2 heterocycles. The Kier molecular flexibility index (Phi) is 5.43. The van der Waals surface area contributed by atoms with Gasteiger partial charge in [-0.3, -0.25) is 19.3 Å². The summed E-state index contributed by atoms with van der Waals surface area (Å²) in [6.07, 6.45) is 1.64. The molecule has 168 valence electrons. The average Bonchev–Trinajstić information content (AvgIpc) is 3.48. The van der Waals surface area contributed by atoms with Gasteiger partial charge in [0.25, 0.3) is 11.8 Å². The van der Waals surface area contributed by atoms with Gasteiger partial charge >= 0.3 is 0 Å². The minimum absolute atomic E-state index is 0.184. The number of fused-ring (bicyclic) bond motifs is 1. The second-order valence-electron chi connectivity index (χ2n) is 7.97. The quantitative estimate of drug-likeness (QED) is 0.451. The van der Waals surface area contributed by atoms with Crippen LogP contribution in [0.25, 0.3) is 5.69 Å². The molecule has 1 aliphatic heterocycles. The lowest BCUT2D eigenvalue weighted by Crippen LogP contribution is -2.48. The Bertz CT molecular complexity index is 1350. The zero-order valence-corrected chi connectivity index (χ0v) is 18.3. The summed E-state index contributed by atoms with van der Waals surface area (Å²) in [6.45, 7) is 1.85. The molecule has 9 nitrogen and oxygen atoms in total. The van der Waals surface area contributed by atoms with E-state index >= 15 is 0 Å². The van der Waals surface area contributed by atoms with E-state index in [1.807, 2.05) is 49.4 Å². The maximum Gasteiger partial charge on any atom is 0.262 e. The van der Waals surface area contributed by atoms with Crippen LogP contribution in [0, 0.1) is 6.92 Å². The van der Waals surface area contributed by atoms with Gasteiger partial charge in [0.2, 0.25) is 5.91 Å². The van der Waals surface area contributed by atoms with Gasteiger partial charge in [0.15, 0.2) is 0 Å². The molecule has 5 rings (SSSR count). The summed E-state index contributed by atoms with van der Waals surface area (Å²) in [4.78, 5) is 41.0. The molecule has 9 heteroatoms. The first-order valence-corrected chi connectivity index (χ1v) is 10.7. The van der Waals surface area contributed by atoms with Gasteiger partial charge in [0, 0.05) is 12.1 Å². The number of imide groups is 1. The molecule has 1 unspecified atom stereocenters. The molecular weight excluding hydrogens is 432 g/mol. The third-order valence-corrected chi connectivity index (χ3v) is 5.80. The molecule has 0 saturated heterocycles. The first-order valence-electron chi connectivity index (χ1n) is 10.7. The molecule has 1 aliphatic rings. The molecule has 0 radical (unpaired) electrons. The largest absolute Gasteiger partial charge is 0.324 e. The van der Waals surface area contributed by atoms with E-state index in [1.165, 1.54) is 11.0 Å². The van der Waals surface area contributed by atoms with E-state index in [2.05, 4.69) is 20.8 Å². The van der Waals surface area contributed by atoms with Gasteiger partial charge in [0.05, 0.1) is 16.8 Å². The Labute approximate surface area is 195 Å². The lowest BCUT2D eigenvalue weighted by atomic mass is 10.0. The number of aryl methyl sites for hydroxylation is 1. The number of nitrogens with one attached hydrogen (secondary N) is 1. The molecule has 3 aromatic carbocycles. The number of carbonyl (C=O) groups excluding carboxylic acids is 3. The van der Waals surface area contributed by atoms with E-state index in [9.17, 15) is 14.4 Å². The number of tetrazole rings is 1. The maximum atomic E-state index is 13.6. The van der Waals surface area contributed by atoms with E-state index < -0.39 is 23.8 Å². The first kappa shape index (κ1) is 21.2. The maximum absolute atomic E-state index is 13.6. The van der Waals surface area contributed by atoms with Crippen LogP contribution in [-0.4, -0.2) is 48.9 Å². The van der Waals surface area contributed by atoms with Crippen molar-refractivity contribution in [2.75, 3.05) is 5.32 Å². The summed E-state index contributed by atoms with van der Waals surface area (Å²) >= 11 is 0. The average molecular weight is 452 g/mol. The number of hydrogen-bond donors (Lipinski definition) is 1. The lowest BCUT2D eigenvalue weighted by Gasteiger charge is -2.26. The molecule has 1 N–H and O–H groups in total. The van der Waals surface area contributed by atoms with Gasteiger partial charge in [-0.2, -0.15) is 0 Å². The van der Waals surface area contributed by atoms with Crippen molar-refractivity contribution in [2.45, 2.75) is 19.4 Å². The smallest absolute Gasteiger partial charge is 0.262 e. The number of anilines is 1. The Morgan fingerprint density at radius 1 is 0.941 bits per heavy atom. The molecule has 0 aliphatic carbocycles. The second-order valence-corrected chi connectivity index (χ2v) is 7.97. The number of benzene rings is 3. The second kappa shape index (κ2) is 8.70. The Hall–Kier alpha value is -4.66. The molecule has 0 bridgehead atoms. The van der Waals surface area contributed by atoms with Crippen LogP contribution in [0.5, 0.6) is 0 Å². The standard InChI is InChI=1S/C25H20N6O3/c1-16-11-12-18(30-15-26-28-29-30)14-21(16)27-23(32)22(13-17-7-3-2-4-8-17)31-24(33)19-9-5-6-10-20(19)25(31)34/h2-12,14-15,22H,13H2,1H3,(H,27,32). The van der Waals surface area contributed by atoms with Gasteiger partial charge in [-0.15, -0.1) is 5.10 Å². The van der Waals surface area contributed by atoms with Crippen LogP contribution < -0.4 is 5.32 Å². The predicted molar refractivity (Wildman–Crippen MR) is 123 cm³/mol. The van der Waals surface area contributed by atoms with Crippen LogP contribution in [0.3, 0.4) is 0 Å². The molecule has 34 heavy (non-hydrogen) atoms. The van der Waals surface area contributed by atoms with Crippen molar-refractivity contribution in [3.63, 3.8) is 0 Å². The number of aromatic nitrogens is 4. The van der Waals surface area contributed by atoms with Crippen molar-refractivity contribution in [1.29, 1.82) is 0 Å². The Morgan fingerprint density at radius 2 is 1.62 bits per heavy atom. The lowest BCUT2D eigenvalue weighted by molar-refractivity contribution is -0.119. The minimum Gasteiger partial charge on any atom is -0.324 e. The highest BCUT2D eigenvalue weighted by Gasteiger charge is 2.42. The van der Waals surface area contributed by atoms with Crippen molar-refractivity contribution in [3.8, 4) is 5.69 Å². The summed E-state index contributed by atoms with van der Waals surface area (Å²) in [6, 6.07) is 20.3. The zero-order chi connectivity index (χ0) is 23.7. The van der Waals surface area contributed by atoms with Crippen molar-refractivity contribution in [1.82, 2.24) is 25.1 Å². The molecule has 1 atom stereocenters. The molecule has 0 spiro atoms. The van der Waals surface area contributed by atoms with E-state index in [0.717, 1.165) is 16.0 Å². The van der Waals surface area contributed by atoms with Crippen molar-refractivity contribution in [2.24, 2.45) is 0 Å². The number of rotatable bonds is 6. The third-order valence-electron chi connectivity index (χ3n) is 5.80. The van der Waals surface area contributed by atoms with E-state index in [-0.39, 0.29) is 6.42 Å². The van der Waals surface area contributed by atoms with Crippen molar-refractivity contribution >= 4 is 23.4 Å². The van der Waals surface area contributed by atoms with Gasteiger partial charge in [-0.1, -0.05) is 48.5 Å². The Balaban J connectivity index is 1.49. The van der Waals surface area contributed by atoms with Gasteiger partial charge in [0.1, 0.15) is 12.4 Å². The third kappa shape index (κ3) is 3.83. The van der Waals surface area contributed by atoms with E-state index in [0.29, 0.717) is 22.5 Å². The summed E-state index contributed by atoms with van der Waals surface area (Å²) in [5.41, 5.74) is 3.44.